The fourth-order valence-corrected chi connectivity index (χ4v) is 2.70. The zero-order chi connectivity index (χ0) is 12.4. The summed E-state index contributed by atoms with van der Waals surface area (Å²) in [6.45, 7) is 3.64. The molecular formula is C13H17IN2O. The number of nitrogens with two attached hydrogens (primary N) is 1. The molecule has 92 valence electrons. The van der Waals surface area contributed by atoms with Gasteiger partial charge in [0.05, 0.1) is 0 Å². The van der Waals surface area contributed by atoms with Gasteiger partial charge in [-0.25, -0.2) is 0 Å². The maximum Gasteiger partial charge on any atom is 0.253 e. The third-order valence-corrected chi connectivity index (χ3v) is 3.79. The maximum absolute atomic E-state index is 12.3. The minimum Gasteiger partial charge on any atom is -0.337 e. The second kappa shape index (κ2) is 5.35. The molecule has 0 bridgehead atoms. The van der Waals surface area contributed by atoms with E-state index in [1.165, 1.54) is 0 Å². The fourth-order valence-electron chi connectivity index (χ4n) is 2.34. The number of rotatable bonds is 1. The average molecular weight is 344 g/mol. The Morgan fingerprint density at radius 2 is 2.00 bits per heavy atom. The molecule has 4 heteroatoms. The Kier molecular flexibility index (Phi) is 4.04. The number of hydrogen-bond donors (Lipinski definition) is 1. The second-order valence-corrected chi connectivity index (χ2v) is 6.06. The number of benzene rings is 1. The standard InChI is InChI=1S/C13H17IN2O/c1-9-6-12(15)8-16(7-9)13(17)10-2-4-11(14)5-3-10/h2-5,9,12H,6-8,15H2,1H3. The first kappa shape index (κ1) is 12.8. The predicted molar refractivity (Wildman–Crippen MR) is 76.8 cm³/mol. The Hall–Kier alpha value is -0.620. The van der Waals surface area contributed by atoms with Gasteiger partial charge in [-0.05, 0) is 59.2 Å². The highest BCUT2D eigenvalue weighted by molar-refractivity contribution is 14.1. The van der Waals surface area contributed by atoms with Crippen LogP contribution in [0.1, 0.15) is 23.7 Å². The van der Waals surface area contributed by atoms with Crippen molar-refractivity contribution in [1.29, 1.82) is 0 Å². The molecule has 0 aromatic heterocycles. The lowest BCUT2D eigenvalue weighted by Crippen LogP contribution is -2.48. The number of likely N-dealkylation sites (tertiary alicyclic amines) is 1. The molecule has 2 atom stereocenters. The molecule has 1 aliphatic heterocycles. The topological polar surface area (TPSA) is 46.3 Å². The smallest absolute Gasteiger partial charge is 0.253 e. The molecule has 1 aromatic rings. The summed E-state index contributed by atoms with van der Waals surface area (Å²) >= 11 is 2.24. The van der Waals surface area contributed by atoms with Gasteiger partial charge in [0.25, 0.3) is 5.91 Å². The maximum atomic E-state index is 12.3. The van der Waals surface area contributed by atoms with Gasteiger partial charge < -0.3 is 10.6 Å². The molecule has 1 fully saturated rings. The summed E-state index contributed by atoms with van der Waals surface area (Å²) in [5.41, 5.74) is 6.72. The van der Waals surface area contributed by atoms with Gasteiger partial charge in [0.1, 0.15) is 0 Å². The SMILES string of the molecule is CC1CC(N)CN(C(=O)c2ccc(I)cc2)C1. The van der Waals surface area contributed by atoms with Crippen LogP contribution in [0.3, 0.4) is 0 Å². The van der Waals surface area contributed by atoms with E-state index in [1.807, 2.05) is 29.2 Å². The van der Waals surface area contributed by atoms with E-state index in [1.54, 1.807) is 0 Å². The van der Waals surface area contributed by atoms with Gasteiger partial charge in [-0.1, -0.05) is 6.92 Å². The molecule has 0 aliphatic carbocycles. The summed E-state index contributed by atoms with van der Waals surface area (Å²) in [6.07, 6.45) is 1.01. The highest BCUT2D eigenvalue weighted by Gasteiger charge is 2.26. The molecule has 2 rings (SSSR count). The van der Waals surface area contributed by atoms with Crippen LogP contribution < -0.4 is 5.73 Å². The summed E-state index contributed by atoms with van der Waals surface area (Å²) in [5, 5.41) is 0. The number of piperidine rings is 1. The van der Waals surface area contributed by atoms with Crippen molar-refractivity contribution in [2.75, 3.05) is 13.1 Å². The van der Waals surface area contributed by atoms with Crippen molar-refractivity contribution in [1.82, 2.24) is 4.90 Å². The number of hydrogen-bond acceptors (Lipinski definition) is 2. The van der Waals surface area contributed by atoms with Crippen molar-refractivity contribution in [3.63, 3.8) is 0 Å². The largest absolute Gasteiger partial charge is 0.337 e. The molecule has 1 heterocycles. The lowest BCUT2D eigenvalue weighted by molar-refractivity contribution is 0.0661. The highest BCUT2D eigenvalue weighted by atomic mass is 127. The van der Waals surface area contributed by atoms with Gasteiger partial charge >= 0.3 is 0 Å². The van der Waals surface area contributed by atoms with Crippen LogP contribution in [0.25, 0.3) is 0 Å². The Labute approximate surface area is 116 Å². The summed E-state index contributed by atoms with van der Waals surface area (Å²) in [5.74, 6) is 0.593. The zero-order valence-corrected chi connectivity index (χ0v) is 12.1. The lowest BCUT2D eigenvalue weighted by atomic mass is 9.96. The molecule has 0 saturated carbocycles. The number of carbonyl (C=O) groups excluding carboxylic acids is 1. The highest BCUT2D eigenvalue weighted by Crippen LogP contribution is 2.18. The number of halogens is 1. The number of carbonyl (C=O) groups is 1. The molecule has 3 nitrogen and oxygen atoms in total. The third kappa shape index (κ3) is 3.19. The minimum atomic E-state index is 0.100. The van der Waals surface area contributed by atoms with E-state index in [4.69, 9.17) is 5.73 Å². The molecule has 1 aromatic carbocycles. The summed E-state index contributed by atoms with van der Waals surface area (Å²) in [4.78, 5) is 14.1. The summed E-state index contributed by atoms with van der Waals surface area (Å²) in [6, 6.07) is 7.80. The van der Waals surface area contributed by atoms with Gasteiger partial charge in [-0.15, -0.1) is 0 Å². The van der Waals surface area contributed by atoms with Gasteiger partial charge in [0.15, 0.2) is 0 Å². The molecule has 0 spiro atoms. The van der Waals surface area contributed by atoms with Crippen LogP contribution in [0.4, 0.5) is 0 Å². The van der Waals surface area contributed by atoms with E-state index in [0.29, 0.717) is 12.5 Å². The molecule has 2 unspecified atom stereocenters. The Morgan fingerprint density at radius 3 is 2.59 bits per heavy atom. The molecule has 1 amide bonds. The van der Waals surface area contributed by atoms with Crippen molar-refractivity contribution < 1.29 is 4.79 Å². The first-order chi connectivity index (χ1) is 8.06. The van der Waals surface area contributed by atoms with E-state index in [9.17, 15) is 4.79 Å². The van der Waals surface area contributed by atoms with Crippen LogP contribution in [0.2, 0.25) is 0 Å². The van der Waals surface area contributed by atoms with Crippen LogP contribution in [0.15, 0.2) is 24.3 Å². The van der Waals surface area contributed by atoms with E-state index in [2.05, 4.69) is 29.5 Å². The van der Waals surface area contributed by atoms with Crippen molar-refractivity contribution in [3.8, 4) is 0 Å². The van der Waals surface area contributed by atoms with Crippen LogP contribution in [-0.4, -0.2) is 29.9 Å². The van der Waals surface area contributed by atoms with E-state index in [-0.39, 0.29) is 11.9 Å². The molecule has 2 N–H and O–H groups in total. The van der Waals surface area contributed by atoms with Crippen LogP contribution in [0.5, 0.6) is 0 Å². The molecule has 17 heavy (non-hydrogen) atoms. The van der Waals surface area contributed by atoms with E-state index < -0.39 is 0 Å². The third-order valence-electron chi connectivity index (χ3n) is 3.07. The monoisotopic (exact) mass is 344 g/mol. The molecule has 0 radical (unpaired) electrons. The number of nitrogens with zero attached hydrogens (tertiary/aromatic N) is 1. The minimum absolute atomic E-state index is 0.100. The van der Waals surface area contributed by atoms with Crippen molar-refractivity contribution in [2.24, 2.45) is 11.7 Å². The fraction of sp³-hybridized carbons (Fsp3) is 0.462. The van der Waals surface area contributed by atoms with Crippen molar-refractivity contribution >= 4 is 28.5 Å². The van der Waals surface area contributed by atoms with Crippen LogP contribution in [-0.2, 0) is 0 Å². The van der Waals surface area contributed by atoms with Gasteiger partial charge in [0.2, 0.25) is 0 Å². The summed E-state index contributed by atoms with van der Waals surface area (Å²) < 4.78 is 1.14. The lowest BCUT2D eigenvalue weighted by Gasteiger charge is -2.34. The normalized spacial score (nSPS) is 24.8. The second-order valence-electron chi connectivity index (χ2n) is 4.82. The van der Waals surface area contributed by atoms with Crippen LogP contribution in [0, 0.1) is 9.49 Å². The van der Waals surface area contributed by atoms with E-state index >= 15 is 0 Å². The zero-order valence-electron chi connectivity index (χ0n) is 9.90. The quantitative estimate of drug-likeness (QED) is 0.793. The predicted octanol–water partition coefficient (Wildman–Crippen LogP) is 2.10. The Morgan fingerprint density at radius 1 is 1.35 bits per heavy atom. The molecule has 1 aliphatic rings. The summed E-state index contributed by atoms with van der Waals surface area (Å²) in [7, 11) is 0. The van der Waals surface area contributed by atoms with Crippen LogP contribution >= 0.6 is 22.6 Å². The van der Waals surface area contributed by atoms with Gasteiger partial charge in [-0.3, -0.25) is 4.79 Å². The first-order valence-electron chi connectivity index (χ1n) is 5.86. The van der Waals surface area contributed by atoms with Gasteiger partial charge in [0, 0.05) is 28.3 Å². The molecular weight excluding hydrogens is 327 g/mol. The Balaban J connectivity index is 2.11. The molecule has 1 saturated heterocycles. The van der Waals surface area contributed by atoms with E-state index in [0.717, 1.165) is 22.1 Å². The Bertz CT molecular complexity index is 394. The number of amides is 1. The average Bonchev–Trinajstić information content (AvgIpc) is 2.28. The van der Waals surface area contributed by atoms with Crippen molar-refractivity contribution in [2.45, 2.75) is 19.4 Å². The van der Waals surface area contributed by atoms with Crippen molar-refractivity contribution in [3.05, 3.63) is 33.4 Å². The van der Waals surface area contributed by atoms with Gasteiger partial charge in [-0.2, -0.15) is 0 Å². The first-order valence-corrected chi connectivity index (χ1v) is 6.94.